The van der Waals surface area contributed by atoms with Crippen LogP contribution in [0, 0.1) is 11.3 Å². The van der Waals surface area contributed by atoms with Gasteiger partial charge in [0, 0.05) is 0 Å². The molecule has 0 N–H and O–H groups in total. The van der Waals surface area contributed by atoms with Crippen molar-refractivity contribution < 1.29 is 9.53 Å². The van der Waals surface area contributed by atoms with Crippen LogP contribution in [0.15, 0.2) is 0 Å². The average Bonchev–Trinajstić information content (AvgIpc) is 1.99. The Balaban J connectivity index is 3.95. The molecule has 2 heteroatoms. The van der Waals surface area contributed by atoms with Gasteiger partial charge in [0.15, 0.2) is 0 Å². The summed E-state index contributed by atoms with van der Waals surface area (Å²) in [6, 6.07) is 0. The number of ether oxygens (including phenoxy) is 1. The van der Waals surface area contributed by atoms with Crippen LogP contribution in [-0.4, -0.2) is 12.1 Å². The molecule has 14 heavy (non-hydrogen) atoms. The lowest BCUT2D eigenvalue weighted by molar-refractivity contribution is -0.152. The summed E-state index contributed by atoms with van der Waals surface area (Å²) in [6.45, 7) is 12.3. The van der Waals surface area contributed by atoms with E-state index in [1.165, 1.54) is 0 Å². The first-order chi connectivity index (χ1) is 6.26. The fourth-order valence-electron chi connectivity index (χ4n) is 1.13. The Bertz CT molecular complexity index is 179. The van der Waals surface area contributed by atoms with Crippen LogP contribution >= 0.6 is 0 Å². The minimum atomic E-state index is -0.0784. The van der Waals surface area contributed by atoms with Gasteiger partial charge in [-0.15, -0.1) is 0 Å². The number of carbonyl (C=O) groups is 1. The highest BCUT2D eigenvalue weighted by atomic mass is 16.5. The fourth-order valence-corrected chi connectivity index (χ4v) is 1.13. The second-order valence-electron chi connectivity index (χ2n) is 5.32. The van der Waals surface area contributed by atoms with Crippen LogP contribution in [0.4, 0.5) is 0 Å². The molecule has 0 saturated heterocycles. The summed E-state index contributed by atoms with van der Waals surface area (Å²) in [5.74, 6) is 0.365. The van der Waals surface area contributed by atoms with Crippen molar-refractivity contribution in [1.29, 1.82) is 0 Å². The van der Waals surface area contributed by atoms with Crippen molar-refractivity contribution in [3.8, 4) is 0 Å². The maximum atomic E-state index is 11.5. The first-order valence-electron chi connectivity index (χ1n) is 5.45. The third-order valence-electron chi connectivity index (χ3n) is 2.44. The highest BCUT2D eigenvalue weighted by Crippen LogP contribution is 2.20. The molecule has 0 aliphatic carbocycles. The van der Waals surface area contributed by atoms with Gasteiger partial charge in [0.2, 0.25) is 0 Å². The molecule has 0 aliphatic heterocycles. The lowest BCUT2D eigenvalue weighted by atomic mass is 9.92. The molecule has 0 fully saturated rings. The van der Waals surface area contributed by atoms with E-state index in [9.17, 15) is 4.79 Å². The van der Waals surface area contributed by atoms with E-state index in [1.807, 2.05) is 27.7 Å². The number of carbonyl (C=O) groups excluding carboxylic acids is 1. The van der Waals surface area contributed by atoms with Gasteiger partial charge >= 0.3 is 5.97 Å². The number of hydrogen-bond donors (Lipinski definition) is 0. The summed E-state index contributed by atoms with van der Waals surface area (Å²) >= 11 is 0. The van der Waals surface area contributed by atoms with Crippen molar-refractivity contribution in [3.63, 3.8) is 0 Å². The number of esters is 1. The van der Waals surface area contributed by atoms with Gasteiger partial charge in [-0.2, -0.15) is 0 Å². The smallest absolute Gasteiger partial charge is 0.306 e. The maximum absolute atomic E-state index is 11.5. The minimum Gasteiger partial charge on any atom is -0.462 e. The van der Waals surface area contributed by atoms with Crippen LogP contribution in [0.25, 0.3) is 0 Å². The zero-order valence-electron chi connectivity index (χ0n) is 10.4. The largest absolute Gasteiger partial charge is 0.462 e. The third kappa shape index (κ3) is 6.01. The molecule has 2 unspecified atom stereocenters. The Kier molecular flexibility index (Phi) is 5.17. The molecule has 0 spiro atoms. The van der Waals surface area contributed by atoms with Crippen molar-refractivity contribution in [2.24, 2.45) is 11.3 Å². The van der Waals surface area contributed by atoms with E-state index >= 15 is 0 Å². The second kappa shape index (κ2) is 5.38. The predicted octanol–water partition coefficient (Wildman–Crippen LogP) is 3.40. The van der Waals surface area contributed by atoms with E-state index in [-0.39, 0.29) is 17.5 Å². The summed E-state index contributed by atoms with van der Waals surface area (Å²) in [4.78, 5) is 11.5. The molecule has 2 nitrogen and oxygen atoms in total. The van der Waals surface area contributed by atoms with E-state index in [2.05, 4.69) is 13.8 Å². The molecular weight excluding hydrogens is 176 g/mol. The van der Waals surface area contributed by atoms with Gasteiger partial charge in [0.1, 0.15) is 6.10 Å². The van der Waals surface area contributed by atoms with Gasteiger partial charge < -0.3 is 4.74 Å². The quantitative estimate of drug-likeness (QED) is 0.650. The Labute approximate surface area is 88.0 Å². The monoisotopic (exact) mass is 200 g/mol. The zero-order valence-corrected chi connectivity index (χ0v) is 10.4. The molecule has 0 heterocycles. The zero-order chi connectivity index (χ0) is 11.4. The Morgan fingerprint density at radius 1 is 1.29 bits per heavy atom. The van der Waals surface area contributed by atoms with Crippen molar-refractivity contribution in [2.75, 3.05) is 0 Å². The van der Waals surface area contributed by atoms with Crippen LogP contribution in [0.1, 0.15) is 54.4 Å². The van der Waals surface area contributed by atoms with Gasteiger partial charge in [-0.1, -0.05) is 41.0 Å². The van der Waals surface area contributed by atoms with Crippen molar-refractivity contribution in [2.45, 2.75) is 60.5 Å². The first-order valence-corrected chi connectivity index (χ1v) is 5.45. The highest BCUT2D eigenvalue weighted by molar-refractivity contribution is 5.70. The highest BCUT2D eigenvalue weighted by Gasteiger charge is 2.20. The third-order valence-corrected chi connectivity index (χ3v) is 2.44. The first kappa shape index (κ1) is 13.5. The average molecular weight is 200 g/mol. The molecule has 0 amide bonds. The van der Waals surface area contributed by atoms with E-state index in [1.54, 1.807) is 0 Å². The molecule has 0 saturated carbocycles. The SMILES string of the molecule is CCC(C)C(C)OC(=O)CC(C)(C)C. The minimum absolute atomic E-state index is 0.0201. The molecular formula is C12H24O2. The van der Waals surface area contributed by atoms with Gasteiger partial charge in [-0.25, -0.2) is 0 Å². The summed E-state index contributed by atoms with van der Waals surface area (Å²) in [5, 5.41) is 0. The van der Waals surface area contributed by atoms with E-state index < -0.39 is 0 Å². The summed E-state index contributed by atoms with van der Waals surface area (Å²) in [7, 11) is 0. The van der Waals surface area contributed by atoms with Crippen molar-refractivity contribution in [3.05, 3.63) is 0 Å². The molecule has 0 aromatic rings. The summed E-state index contributed by atoms with van der Waals surface area (Å²) < 4.78 is 5.34. The standard InChI is InChI=1S/C12H24O2/c1-7-9(2)10(3)14-11(13)8-12(4,5)6/h9-10H,7-8H2,1-6H3. The molecule has 2 atom stereocenters. The van der Waals surface area contributed by atoms with Gasteiger partial charge in [0.25, 0.3) is 0 Å². The second-order valence-corrected chi connectivity index (χ2v) is 5.32. The topological polar surface area (TPSA) is 26.3 Å². The Hall–Kier alpha value is -0.530. The Morgan fingerprint density at radius 2 is 1.79 bits per heavy atom. The fraction of sp³-hybridized carbons (Fsp3) is 0.917. The lowest BCUT2D eigenvalue weighted by Crippen LogP contribution is -2.24. The molecule has 0 rings (SSSR count). The maximum Gasteiger partial charge on any atom is 0.306 e. The van der Waals surface area contributed by atoms with E-state index in [0.29, 0.717) is 12.3 Å². The summed E-state index contributed by atoms with van der Waals surface area (Å²) in [6.07, 6.45) is 1.58. The molecule has 0 aromatic carbocycles. The van der Waals surface area contributed by atoms with Crippen LogP contribution in [0.2, 0.25) is 0 Å². The molecule has 0 aromatic heterocycles. The van der Waals surface area contributed by atoms with Crippen LogP contribution in [-0.2, 0) is 9.53 Å². The molecule has 84 valence electrons. The van der Waals surface area contributed by atoms with Crippen LogP contribution in [0.3, 0.4) is 0 Å². The van der Waals surface area contributed by atoms with E-state index in [4.69, 9.17) is 4.74 Å². The van der Waals surface area contributed by atoms with Crippen LogP contribution < -0.4 is 0 Å². The summed E-state index contributed by atoms with van der Waals surface area (Å²) in [5.41, 5.74) is 0.0201. The van der Waals surface area contributed by atoms with Gasteiger partial charge in [-0.3, -0.25) is 4.79 Å². The predicted molar refractivity (Wildman–Crippen MR) is 59.1 cm³/mol. The van der Waals surface area contributed by atoms with Crippen LogP contribution in [0.5, 0.6) is 0 Å². The normalized spacial score (nSPS) is 16.1. The molecule has 0 radical (unpaired) electrons. The van der Waals surface area contributed by atoms with Gasteiger partial charge in [-0.05, 0) is 18.3 Å². The Morgan fingerprint density at radius 3 is 2.14 bits per heavy atom. The van der Waals surface area contributed by atoms with Crippen molar-refractivity contribution >= 4 is 5.97 Å². The molecule has 0 aliphatic rings. The van der Waals surface area contributed by atoms with Crippen molar-refractivity contribution in [1.82, 2.24) is 0 Å². The number of rotatable bonds is 4. The lowest BCUT2D eigenvalue weighted by Gasteiger charge is -2.22. The number of hydrogen-bond acceptors (Lipinski definition) is 2. The van der Waals surface area contributed by atoms with E-state index in [0.717, 1.165) is 6.42 Å². The molecule has 0 bridgehead atoms. The van der Waals surface area contributed by atoms with Gasteiger partial charge in [0.05, 0.1) is 6.42 Å².